The fourth-order valence-electron chi connectivity index (χ4n) is 3.40. The highest BCUT2D eigenvalue weighted by Gasteiger charge is 2.37. The van der Waals surface area contributed by atoms with Crippen molar-refractivity contribution in [2.24, 2.45) is 5.92 Å². The molecule has 1 atom stereocenters. The van der Waals surface area contributed by atoms with Gasteiger partial charge in [-0.25, -0.2) is 4.39 Å². The Bertz CT molecular complexity index is 944. The van der Waals surface area contributed by atoms with Crippen LogP contribution < -0.4 is 10.2 Å². The molecule has 0 aliphatic carbocycles. The predicted molar refractivity (Wildman–Crippen MR) is 107 cm³/mol. The maximum Gasteiger partial charge on any atom is 0.311 e. The van der Waals surface area contributed by atoms with Gasteiger partial charge in [0.2, 0.25) is 5.91 Å². The van der Waals surface area contributed by atoms with E-state index in [1.54, 1.807) is 6.07 Å². The molecule has 1 N–H and O–H groups in total. The van der Waals surface area contributed by atoms with Crippen molar-refractivity contribution in [1.82, 2.24) is 0 Å². The quantitative estimate of drug-likeness (QED) is 0.758. The van der Waals surface area contributed by atoms with Gasteiger partial charge < -0.3 is 15.0 Å². The molecule has 1 heterocycles. The molecule has 0 radical (unpaired) electrons. The number of esters is 1. The molecule has 0 aromatic heterocycles. The van der Waals surface area contributed by atoms with Gasteiger partial charge in [-0.2, -0.15) is 0 Å². The lowest BCUT2D eigenvalue weighted by atomic mass is 10.1. The van der Waals surface area contributed by atoms with Crippen LogP contribution in [0.2, 0.25) is 0 Å². The molecule has 152 valence electrons. The van der Waals surface area contributed by atoms with Gasteiger partial charge in [0, 0.05) is 18.7 Å². The number of aryl methyl sites for hydroxylation is 2. The van der Waals surface area contributed by atoms with Gasteiger partial charge in [0.15, 0.2) is 6.61 Å². The average Bonchev–Trinajstić information content (AvgIpc) is 3.09. The molecule has 2 aromatic carbocycles. The molecule has 1 fully saturated rings. The van der Waals surface area contributed by atoms with Gasteiger partial charge in [0.05, 0.1) is 11.6 Å². The van der Waals surface area contributed by atoms with Gasteiger partial charge >= 0.3 is 5.97 Å². The Morgan fingerprint density at radius 2 is 1.97 bits per heavy atom. The van der Waals surface area contributed by atoms with Crippen molar-refractivity contribution in [1.29, 1.82) is 0 Å². The molecule has 2 aromatic rings. The van der Waals surface area contributed by atoms with Crippen molar-refractivity contribution in [2.75, 3.05) is 23.4 Å². The second-order valence-electron chi connectivity index (χ2n) is 6.98. The maximum absolute atomic E-state index is 13.9. The van der Waals surface area contributed by atoms with Gasteiger partial charge in [-0.05, 0) is 36.6 Å². The van der Waals surface area contributed by atoms with Crippen LogP contribution in [0.25, 0.3) is 0 Å². The lowest BCUT2D eigenvalue weighted by molar-refractivity contribution is -0.151. The summed E-state index contributed by atoms with van der Waals surface area (Å²) in [6, 6.07) is 11.6. The molecule has 0 saturated carbocycles. The van der Waals surface area contributed by atoms with E-state index in [1.807, 2.05) is 32.0 Å². The summed E-state index contributed by atoms with van der Waals surface area (Å²) in [6.45, 7) is 3.46. The van der Waals surface area contributed by atoms with Crippen molar-refractivity contribution in [2.45, 2.75) is 26.7 Å². The fraction of sp³-hybridized carbons (Fsp3) is 0.318. The summed E-state index contributed by atoms with van der Waals surface area (Å²) in [5.41, 5.74) is 2.77. The Morgan fingerprint density at radius 3 is 2.69 bits per heavy atom. The second kappa shape index (κ2) is 8.86. The molecule has 1 aliphatic rings. The molecule has 6 nitrogen and oxygen atoms in total. The monoisotopic (exact) mass is 398 g/mol. The third-order valence-corrected chi connectivity index (χ3v) is 4.95. The summed E-state index contributed by atoms with van der Waals surface area (Å²) >= 11 is 0. The topological polar surface area (TPSA) is 75.7 Å². The first kappa shape index (κ1) is 20.5. The molecule has 2 amide bonds. The second-order valence-corrected chi connectivity index (χ2v) is 6.98. The van der Waals surface area contributed by atoms with Gasteiger partial charge in [0.25, 0.3) is 5.91 Å². The summed E-state index contributed by atoms with van der Waals surface area (Å²) in [7, 11) is 0. The summed E-state index contributed by atoms with van der Waals surface area (Å²) in [4.78, 5) is 38.0. The standard InChI is InChI=1S/C22H23FN2O4/c1-3-15-8-6-7-14(2)21(15)24-19(26)13-29-22(28)16-11-20(27)25(12-16)18-10-5-4-9-17(18)23/h4-10,16H,3,11-13H2,1-2H3,(H,24,26). The highest BCUT2D eigenvalue weighted by Crippen LogP contribution is 2.28. The van der Waals surface area contributed by atoms with E-state index in [-0.39, 0.29) is 24.6 Å². The maximum atomic E-state index is 13.9. The number of carbonyl (C=O) groups is 3. The summed E-state index contributed by atoms with van der Waals surface area (Å²) in [6.07, 6.45) is 0.680. The molecule has 0 spiro atoms. The molecule has 0 bridgehead atoms. The number of nitrogens with zero attached hydrogens (tertiary/aromatic N) is 1. The Kier molecular flexibility index (Phi) is 6.26. The molecule has 1 unspecified atom stereocenters. The zero-order chi connectivity index (χ0) is 21.0. The Morgan fingerprint density at radius 1 is 1.21 bits per heavy atom. The number of hydrogen-bond donors (Lipinski definition) is 1. The number of nitrogens with one attached hydrogen (secondary N) is 1. The van der Waals surface area contributed by atoms with E-state index in [0.717, 1.165) is 23.2 Å². The largest absolute Gasteiger partial charge is 0.455 e. The summed E-state index contributed by atoms with van der Waals surface area (Å²) in [5, 5.41) is 2.78. The number of para-hydroxylation sites is 2. The zero-order valence-corrected chi connectivity index (χ0v) is 16.4. The van der Waals surface area contributed by atoms with Crippen LogP contribution in [0.3, 0.4) is 0 Å². The average molecular weight is 398 g/mol. The minimum Gasteiger partial charge on any atom is -0.455 e. The molecular formula is C22H23FN2O4. The number of ether oxygens (including phenoxy) is 1. The Labute approximate surface area is 168 Å². The van der Waals surface area contributed by atoms with Crippen LogP contribution in [0, 0.1) is 18.7 Å². The molecule has 1 aliphatic heterocycles. The SMILES string of the molecule is CCc1cccc(C)c1NC(=O)COC(=O)C1CC(=O)N(c2ccccc2F)C1. The minimum absolute atomic E-state index is 0.0258. The number of halogens is 1. The first-order valence-corrected chi connectivity index (χ1v) is 9.50. The Hall–Kier alpha value is -3.22. The van der Waals surface area contributed by atoms with Crippen LogP contribution in [-0.2, 0) is 25.5 Å². The van der Waals surface area contributed by atoms with Crippen LogP contribution in [0.4, 0.5) is 15.8 Å². The van der Waals surface area contributed by atoms with Crippen molar-refractivity contribution in [3.63, 3.8) is 0 Å². The number of amides is 2. The van der Waals surface area contributed by atoms with Gasteiger partial charge in [-0.1, -0.05) is 37.3 Å². The highest BCUT2D eigenvalue weighted by molar-refractivity contribution is 6.00. The number of carbonyl (C=O) groups excluding carboxylic acids is 3. The lowest BCUT2D eigenvalue weighted by Gasteiger charge is -2.17. The van der Waals surface area contributed by atoms with E-state index >= 15 is 0 Å². The van der Waals surface area contributed by atoms with Crippen LogP contribution >= 0.6 is 0 Å². The highest BCUT2D eigenvalue weighted by atomic mass is 19.1. The van der Waals surface area contributed by atoms with Gasteiger partial charge in [-0.3, -0.25) is 14.4 Å². The normalized spacial score (nSPS) is 16.0. The van der Waals surface area contributed by atoms with Crippen LogP contribution in [-0.4, -0.2) is 30.9 Å². The fourth-order valence-corrected chi connectivity index (χ4v) is 3.40. The van der Waals surface area contributed by atoms with E-state index in [1.165, 1.54) is 23.1 Å². The number of benzene rings is 2. The third kappa shape index (κ3) is 4.62. The number of anilines is 2. The number of rotatable bonds is 6. The van der Waals surface area contributed by atoms with Crippen LogP contribution in [0.5, 0.6) is 0 Å². The van der Waals surface area contributed by atoms with Crippen molar-refractivity contribution < 1.29 is 23.5 Å². The number of hydrogen-bond acceptors (Lipinski definition) is 4. The van der Waals surface area contributed by atoms with E-state index in [0.29, 0.717) is 0 Å². The minimum atomic E-state index is -0.737. The first-order chi connectivity index (χ1) is 13.9. The van der Waals surface area contributed by atoms with E-state index in [4.69, 9.17) is 4.74 Å². The first-order valence-electron chi connectivity index (χ1n) is 9.50. The van der Waals surface area contributed by atoms with Crippen molar-refractivity contribution in [3.05, 3.63) is 59.4 Å². The third-order valence-electron chi connectivity index (χ3n) is 4.95. The molecular weight excluding hydrogens is 375 g/mol. The van der Waals surface area contributed by atoms with E-state index < -0.39 is 30.2 Å². The molecule has 7 heteroatoms. The predicted octanol–water partition coefficient (Wildman–Crippen LogP) is 3.23. The Balaban J connectivity index is 1.57. The van der Waals surface area contributed by atoms with Crippen molar-refractivity contribution in [3.8, 4) is 0 Å². The van der Waals surface area contributed by atoms with Crippen LogP contribution in [0.1, 0.15) is 24.5 Å². The van der Waals surface area contributed by atoms with Crippen LogP contribution in [0.15, 0.2) is 42.5 Å². The molecule has 1 saturated heterocycles. The smallest absolute Gasteiger partial charge is 0.311 e. The van der Waals surface area contributed by atoms with Gasteiger partial charge in [-0.15, -0.1) is 0 Å². The lowest BCUT2D eigenvalue weighted by Crippen LogP contribution is -2.28. The van der Waals surface area contributed by atoms with Crippen molar-refractivity contribution >= 4 is 29.2 Å². The van der Waals surface area contributed by atoms with E-state index in [9.17, 15) is 18.8 Å². The zero-order valence-electron chi connectivity index (χ0n) is 16.4. The molecule has 3 rings (SSSR count). The summed E-state index contributed by atoms with van der Waals surface area (Å²) < 4.78 is 19.0. The van der Waals surface area contributed by atoms with E-state index in [2.05, 4.69) is 5.32 Å². The summed E-state index contributed by atoms with van der Waals surface area (Å²) in [5.74, 6) is -2.71. The van der Waals surface area contributed by atoms with Gasteiger partial charge in [0.1, 0.15) is 5.82 Å². The molecule has 29 heavy (non-hydrogen) atoms.